The van der Waals surface area contributed by atoms with Crippen LogP contribution >= 0.6 is 0 Å². The molecule has 41 heavy (non-hydrogen) atoms. The summed E-state index contributed by atoms with van der Waals surface area (Å²) in [5.74, 6) is 0.391. The van der Waals surface area contributed by atoms with Crippen molar-refractivity contribution in [2.24, 2.45) is 4.99 Å². The Bertz CT molecular complexity index is 1680. The van der Waals surface area contributed by atoms with Crippen molar-refractivity contribution in [1.29, 1.82) is 0 Å². The Kier molecular flexibility index (Phi) is 8.29. The van der Waals surface area contributed by atoms with E-state index in [1.54, 1.807) is 19.5 Å². The maximum absolute atomic E-state index is 12.0. The lowest BCUT2D eigenvalue weighted by Gasteiger charge is -2.22. The van der Waals surface area contributed by atoms with Gasteiger partial charge in [0.1, 0.15) is 5.75 Å². The Morgan fingerprint density at radius 3 is 2.63 bits per heavy atom. The molecule has 0 spiro atoms. The number of aromatic nitrogens is 2. The third kappa shape index (κ3) is 5.77. The minimum atomic E-state index is -0.876. The number of aliphatic imine (C=N–C) groups is 1. The average Bonchev–Trinajstić information content (AvgIpc) is 2.96. The van der Waals surface area contributed by atoms with E-state index in [1.165, 1.54) is 0 Å². The number of hydrogen-bond donors (Lipinski definition) is 1. The van der Waals surface area contributed by atoms with Gasteiger partial charge in [-0.1, -0.05) is 24.3 Å². The van der Waals surface area contributed by atoms with Crippen LogP contribution in [0.3, 0.4) is 0 Å². The Labute approximate surface area is 239 Å². The summed E-state index contributed by atoms with van der Waals surface area (Å²) in [4.78, 5) is 24.9. The molecule has 5 rings (SSSR count). The van der Waals surface area contributed by atoms with Gasteiger partial charge in [0.2, 0.25) is 5.88 Å². The molecule has 8 heteroatoms. The second-order valence-electron chi connectivity index (χ2n) is 9.70. The molecule has 1 aliphatic heterocycles. The van der Waals surface area contributed by atoms with E-state index in [-0.39, 0.29) is 12.4 Å². The van der Waals surface area contributed by atoms with Crippen LogP contribution in [0.15, 0.2) is 59.7 Å². The van der Waals surface area contributed by atoms with E-state index < -0.39 is 5.97 Å². The number of hydrogen-bond acceptors (Lipinski definition) is 7. The van der Waals surface area contributed by atoms with Crippen molar-refractivity contribution in [1.82, 2.24) is 9.97 Å². The minimum absolute atomic E-state index is 0.0845. The number of fused-ring (bicyclic) bond motifs is 2. The van der Waals surface area contributed by atoms with Gasteiger partial charge in [0, 0.05) is 31.4 Å². The number of aryl methyl sites for hydroxylation is 1. The van der Waals surface area contributed by atoms with Crippen LogP contribution in [0.4, 0.5) is 0 Å². The molecule has 0 saturated carbocycles. The number of carbonyl (C=O) groups is 1. The number of allylic oxidation sites excluding steroid dienone is 1. The number of carboxylic acid groups (broad SMARTS) is 1. The number of nitrogens with zero attached hydrogens (tertiary/aromatic N) is 3. The molecule has 0 unspecified atom stereocenters. The van der Waals surface area contributed by atoms with Gasteiger partial charge in [-0.15, -0.1) is 0 Å². The number of aliphatic carboxylic acids is 1. The standard InChI is InChI=1S/C33H33N3O5/c1-5-39-32-28(19-35-33(36-32)40-6-2)22-7-9-25-24(16-22)15-20(3)26(18-30(37)38)31(25)23-8-10-29-27(17-23)21(11-13-34-4)12-14-41-29/h7-11,13,15-17,19H,5-6,12,14,18H2,1-4H3,(H,37,38)/b21-11-,34-13-. The van der Waals surface area contributed by atoms with Gasteiger partial charge in [-0.25, -0.2) is 4.98 Å². The molecule has 0 amide bonds. The summed E-state index contributed by atoms with van der Waals surface area (Å²) in [5.41, 5.74) is 7.31. The van der Waals surface area contributed by atoms with E-state index in [0.717, 1.165) is 67.5 Å². The van der Waals surface area contributed by atoms with E-state index >= 15 is 0 Å². The summed E-state index contributed by atoms with van der Waals surface area (Å²) >= 11 is 0. The molecule has 4 aromatic rings. The van der Waals surface area contributed by atoms with E-state index in [4.69, 9.17) is 14.2 Å². The van der Waals surface area contributed by atoms with Crippen molar-refractivity contribution < 1.29 is 24.1 Å². The largest absolute Gasteiger partial charge is 0.493 e. The number of rotatable bonds is 9. The van der Waals surface area contributed by atoms with E-state index in [2.05, 4.69) is 27.1 Å². The summed E-state index contributed by atoms with van der Waals surface area (Å²) in [6.45, 7) is 7.27. The molecule has 0 saturated heterocycles. The molecule has 3 aromatic carbocycles. The van der Waals surface area contributed by atoms with E-state index in [1.807, 2.05) is 57.2 Å². The van der Waals surface area contributed by atoms with Crippen LogP contribution in [0.5, 0.6) is 17.6 Å². The summed E-state index contributed by atoms with van der Waals surface area (Å²) in [6.07, 6.45) is 6.21. The fourth-order valence-electron chi connectivity index (χ4n) is 5.27. The zero-order valence-corrected chi connectivity index (χ0v) is 23.7. The van der Waals surface area contributed by atoms with Crippen LogP contribution in [0.25, 0.3) is 38.6 Å². The molecule has 0 radical (unpaired) electrons. The Morgan fingerprint density at radius 1 is 1.07 bits per heavy atom. The molecular weight excluding hydrogens is 518 g/mol. The molecule has 210 valence electrons. The molecule has 8 nitrogen and oxygen atoms in total. The second-order valence-corrected chi connectivity index (χ2v) is 9.70. The summed E-state index contributed by atoms with van der Waals surface area (Å²) in [6, 6.07) is 14.5. The smallest absolute Gasteiger partial charge is 0.319 e. The highest BCUT2D eigenvalue weighted by atomic mass is 16.5. The molecule has 2 heterocycles. The van der Waals surface area contributed by atoms with Crippen LogP contribution in [0, 0.1) is 6.92 Å². The van der Waals surface area contributed by atoms with Crippen LogP contribution in [0.1, 0.15) is 37.0 Å². The lowest BCUT2D eigenvalue weighted by molar-refractivity contribution is -0.136. The molecule has 0 atom stereocenters. The highest BCUT2D eigenvalue weighted by Gasteiger charge is 2.21. The highest BCUT2D eigenvalue weighted by Crippen LogP contribution is 2.42. The molecule has 1 N–H and O–H groups in total. The fourth-order valence-corrected chi connectivity index (χ4v) is 5.27. The van der Waals surface area contributed by atoms with Gasteiger partial charge in [-0.05, 0) is 89.2 Å². The van der Waals surface area contributed by atoms with Crippen LogP contribution in [-0.4, -0.2) is 54.1 Å². The zero-order chi connectivity index (χ0) is 28.9. The Morgan fingerprint density at radius 2 is 1.88 bits per heavy atom. The first-order chi connectivity index (χ1) is 19.9. The number of carboxylic acids is 1. The third-order valence-corrected chi connectivity index (χ3v) is 7.06. The quantitative estimate of drug-likeness (QED) is 0.235. The fraction of sp³-hybridized carbons (Fsp3) is 0.273. The van der Waals surface area contributed by atoms with Crippen molar-refractivity contribution >= 4 is 28.5 Å². The van der Waals surface area contributed by atoms with Gasteiger partial charge in [-0.3, -0.25) is 9.79 Å². The summed E-state index contributed by atoms with van der Waals surface area (Å²) in [7, 11) is 1.75. The topological polar surface area (TPSA) is 103 Å². The van der Waals surface area contributed by atoms with E-state index in [0.29, 0.717) is 25.7 Å². The monoisotopic (exact) mass is 551 g/mol. The lowest BCUT2D eigenvalue weighted by atomic mass is 9.86. The van der Waals surface area contributed by atoms with Gasteiger partial charge in [0.25, 0.3) is 0 Å². The van der Waals surface area contributed by atoms with Crippen molar-refractivity contribution in [2.75, 3.05) is 26.9 Å². The van der Waals surface area contributed by atoms with Crippen LogP contribution < -0.4 is 14.2 Å². The van der Waals surface area contributed by atoms with Crippen molar-refractivity contribution in [2.45, 2.75) is 33.6 Å². The first-order valence-electron chi connectivity index (χ1n) is 13.7. The molecule has 0 bridgehead atoms. The molecular formula is C33H33N3O5. The molecule has 0 fully saturated rings. The molecule has 0 aliphatic carbocycles. The predicted octanol–water partition coefficient (Wildman–Crippen LogP) is 6.56. The predicted molar refractivity (Wildman–Crippen MR) is 161 cm³/mol. The maximum atomic E-state index is 12.0. The minimum Gasteiger partial charge on any atom is -0.493 e. The van der Waals surface area contributed by atoms with Crippen molar-refractivity contribution in [3.05, 3.63) is 71.4 Å². The first-order valence-corrected chi connectivity index (χ1v) is 13.7. The van der Waals surface area contributed by atoms with E-state index in [9.17, 15) is 9.90 Å². The summed E-state index contributed by atoms with van der Waals surface area (Å²) < 4.78 is 17.3. The van der Waals surface area contributed by atoms with Crippen LogP contribution in [-0.2, 0) is 11.2 Å². The third-order valence-electron chi connectivity index (χ3n) is 7.06. The maximum Gasteiger partial charge on any atom is 0.319 e. The first kappa shape index (κ1) is 27.8. The number of ether oxygens (including phenoxy) is 3. The van der Waals surface area contributed by atoms with Crippen molar-refractivity contribution in [3.63, 3.8) is 0 Å². The summed E-state index contributed by atoms with van der Waals surface area (Å²) in [5, 5.41) is 11.8. The SMILES string of the molecule is CCOc1ncc(-c2ccc3c(-c4ccc5c(c4)/C(=C\C=N/C)CCO5)c(CC(=O)O)c(C)cc3c2)c(OCC)n1. The second kappa shape index (κ2) is 12.2. The van der Waals surface area contributed by atoms with Crippen molar-refractivity contribution in [3.8, 4) is 39.9 Å². The van der Waals surface area contributed by atoms with Gasteiger partial charge in [0.15, 0.2) is 0 Å². The molecule has 1 aromatic heterocycles. The Hall–Kier alpha value is -4.72. The lowest BCUT2D eigenvalue weighted by Crippen LogP contribution is -2.09. The van der Waals surface area contributed by atoms with Gasteiger partial charge in [0.05, 0.1) is 31.8 Å². The Balaban J connectivity index is 1.70. The van der Waals surface area contributed by atoms with Gasteiger partial charge < -0.3 is 19.3 Å². The average molecular weight is 552 g/mol. The van der Waals surface area contributed by atoms with Gasteiger partial charge >= 0.3 is 12.0 Å². The normalized spacial score (nSPS) is 13.8. The number of benzene rings is 3. The highest BCUT2D eigenvalue weighted by molar-refractivity contribution is 6.03. The van der Waals surface area contributed by atoms with Crippen LogP contribution in [0.2, 0.25) is 0 Å². The molecule has 1 aliphatic rings. The van der Waals surface area contributed by atoms with Gasteiger partial charge in [-0.2, -0.15) is 4.98 Å². The zero-order valence-electron chi connectivity index (χ0n) is 23.7.